The van der Waals surface area contributed by atoms with Gasteiger partial charge in [-0.2, -0.15) is 4.31 Å². The highest BCUT2D eigenvalue weighted by Crippen LogP contribution is 2.35. The van der Waals surface area contributed by atoms with E-state index in [-0.39, 0.29) is 11.1 Å². The molecule has 1 saturated heterocycles. The van der Waals surface area contributed by atoms with Crippen molar-refractivity contribution >= 4 is 10.0 Å². The Morgan fingerprint density at radius 1 is 1.29 bits per heavy atom. The minimum Gasteiger partial charge on any atom is -0.339 e. The highest BCUT2D eigenvalue weighted by atomic mass is 32.2. The minimum absolute atomic E-state index is 0.0998. The minimum atomic E-state index is -3.57. The van der Waals surface area contributed by atoms with E-state index in [1.807, 2.05) is 24.7 Å². The monoisotopic (exact) mass is 309 g/mol. The fraction of sp³-hybridized carbons (Fsp3) is 0.538. The molecule has 0 radical (unpaired) electrons. The molecule has 7 nitrogen and oxygen atoms in total. The zero-order valence-electron chi connectivity index (χ0n) is 12.4. The van der Waals surface area contributed by atoms with Crippen LogP contribution in [0.4, 0.5) is 0 Å². The maximum atomic E-state index is 12.8. The van der Waals surface area contributed by atoms with Crippen molar-refractivity contribution in [3.05, 3.63) is 30.2 Å². The average Bonchev–Trinajstić information content (AvgIpc) is 3.09. The summed E-state index contributed by atoms with van der Waals surface area (Å²) in [5.41, 5.74) is 0.898. The molecule has 0 amide bonds. The normalized spacial score (nSPS) is 20.2. The molecule has 0 saturated carbocycles. The molecule has 0 aliphatic carbocycles. The van der Waals surface area contributed by atoms with Gasteiger partial charge in [-0.15, -0.1) is 0 Å². The van der Waals surface area contributed by atoms with E-state index in [1.54, 1.807) is 11.6 Å². The first-order valence-corrected chi connectivity index (χ1v) is 8.33. The molecule has 2 aromatic rings. The van der Waals surface area contributed by atoms with Gasteiger partial charge in [0.15, 0.2) is 5.03 Å². The smallest absolute Gasteiger partial charge is 0.262 e. The zero-order valence-corrected chi connectivity index (χ0v) is 13.2. The molecule has 1 aliphatic rings. The van der Waals surface area contributed by atoms with Crippen LogP contribution in [0.1, 0.15) is 30.4 Å². The summed E-state index contributed by atoms with van der Waals surface area (Å²) in [5.74, 6) is 0.796. The Labute approximate surface area is 124 Å². The van der Waals surface area contributed by atoms with Gasteiger partial charge in [-0.1, -0.05) is 0 Å². The second-order valence-electron chi connectivity index (χ2n) is 5.50. The molecule has 3 rings (SSSR count). The molecule has 1 fully saturated rings. The standard InChI is InChI=1S/C13H19N5O2S/c1-10-7-17(3)13(15-10)11-5-4-6-18(11)21(19,20)12-8-16(2)9-14-12/h7-9,11H,4-6H2,1-3H3/t11-/m0/s1. The van der Waals surface area contributed by atoms with Gasteiger partial charge in [0, 0.05) is 33.0 Å². The van der Waals surface area contributed by atoms with Crippen molar-refractivity contribution in [3.63, 3.8) is 0 Å². The van der Waals surface area contributed by atoms with Crippen LogP contribution in [0, 0.1) is 6.92 Å². The van der Waals surface area contributed by atoms with Crippen LogP contribution in [-0.2, 0) is 24.1 Å². The van der Waals surface area contributed by atoms with E-state index in [9.17, 15) is 8.42 Å². The maximum Gasteiger partial charge on any atom is 0.262 e. The lowest BCUT2D eigenvalue weighted by atomic mass is 10.2. The van der Waals surface area contributed by atoms with Gasteiger partial charge in [0.25, 0.3) is 10.0 Å². The van der Waals surface area contributed by atoms with Crippen molar-refractivity contribution in [3.8, 4) is 0 Å². The number of aromatic nitrogens is 4. The molecule has 0 unspecified atom stereocenters. The molecule has 21 heavy (non-hydrogen) atoms. The number of aryl methyl sites for hydroxylation is 3. The lowest BCUT2D eigenvalue weighted by Gasteiger charge is -2.22. The number of rotatable bonds is 3. The lowest BCUT2D eigenvalue weighted by Crippen LogP contribution is -2.32. The fourth-order valence-corrected chi connectivity index (χ4v) is 4.50. The number of hydrogen-bond acceptors (Lipinski definition) is 4. The first-order valence-electron chi connectivity index (χ1n) is 6.89. The molecular weight excluding hydrogens is 290 g/mol. The number of imidazole rings is 2. The van der Waals surface area contributed by atoms with Crippen LogP contribution in [0.15, 0.2) is 23.7 Å². The van der Waals surface area contributed by atoms with E-state index >= 15 is 0 Å². The Morgan fingerprint density at radius 3 is 2.62 bits per heavy atom. The van der Waals surface area contributed by atoms with Crippen LogP contribution < -0.4 is 0 Å². The molecule has 8 heteroatoms. The third kappa shape index (κ3) is 2.38. The molecule has 0 N–H and O–H groups in total. The quantitative estimate of drug-likeness (QED) is 0.847. The number of hydrogen-bond donors (Lipinski definition) is 0. The summed E-state index contributed by atoms with van der Waals surface area (Å²) < 4.78 is 30.6. The summed E-state index contributed by atoms with van der Waals surface area (Å²) in [5, 5.41) is 0.0998. The zero-order chi connectivity index (χ0) is 15.2. The predicted octanol–water partition coefficient (Wildman–Crippen LogP) is 0.988. The summed E-state index contributed by atoms with van der Waals surface area (Å²) >= 11 is 0. The van der Waals surface area contributed by atoms with E-state index < -0.39 is 10.0 Å². The van der Waals surface area contributed by atoms with Gasteiger partial charge in [-0.25, -0.2) is 18.4 Å². The van der Waals surface area contributed by atoms with Crippen molar-refractivity contribution in [1.82, 2.24) is 23.4 Å². The van der Waals surface area contributed by atoms with Gasteiger partial charge in [0.1, 0.15) is 5.82 Å². The van der Waals surface area contributed by atoms with Gasteiger partial charge < -0.3 is 9.13 Å². The Kier molecular flexibility index (Phi) is 3.37. The molecule has 2 aromatic heterocycles. The van der Waals surface area contributed by atoms with Crippen LogP contribution in [0.25, 0.3) is 0 Å². The van der Waals surface area contributed by atoms with Crippen molar-refractivity contribution < 1.29 is 8.42 Å². The Balaban J connectivity index is 1.99. The van der Waals surface area contributed by atoms with Gasteiger partial charge in [0.2, 0.25) is 0 Å². The molecule has 3 heterocycles. The van der Waals surface area contributed by atoms with Crippen LogP contribution in [0.2, 0.25) is 0 Å². The summed E-state index contributed by atoms with van der Waals surface area (Å²) in [4.78, 5) is 8.48. The second kappa shape index (κ2) is 4.96. The Hall–Kier alpha value is -1.67. The highest BCUT2D eigenvalue weighted by Gasteiger charge is 2.39. The van der Waals surface area contributed by atoms with Crippen LogP contribution in [0.5, 0.6) is 0 Å². The molecule has 0 aromatic carbocycles. The Bertz CT molecular complexity index is 761. The second-order valence-corrected chi connectivity index (χ2v) is 7.34. The van der Waals surface area contributed by atoms with Crippen molar-refractivity contribution in [1.29, 1.82) is 0 Å². The summed E-state index contributed by atoms with van der Waals surface area (Å²) in [6.45, 7) is 2.42. The maximum absolute atomic E-state index is 12.8. The van der Waals surface area contributed by atoms with Crippen molar-refractivity contribution in [2.45, 2.75) is 30.8 Å². The fourth-order valence-electron chi connectivity index (χ4n) is 2.87. The number of nitrogens with zero attached hydrogens (tertiary/aromatic N) is 5. The molecular formula is C13H19N5O2S. The summed E-state index contributed by atoms with van der Waals surface area (Å²) in [7, 11) is 0.0869. The van der Waals surface area contributed by atoms with Gasteiger partial charge in [-0.3, -0.25) is 0 Å². The average molecular weight is 309 g/mol. The van der Waals surface area contributed by atoms with Gasteiger partial charge in [0.05, 0.1) is 18.1 Å². The third-order valence-electron chi connectivity index (χ3n) is 3.79. The first kappa shape index (κ1) is 14.3. The molecule has 0 bridgehead atoms. The van der Waals surface area contributed by atoms with Crippen LogP contribution >= 0.6 is 0 Å². The topological polar surface area (TPSA) is 73.0 Å². The van der Waals surface area contributed by atoms with Gasteiger partial charge in [-0.05, 0) is 19.8 Å². The third-order valence-corrected chi connectivity index (χ3v) is 5.58. The Morgan fingerprint density at radius 2 is 2.05 bits per heavy atom. The molecule has 1 atom stereocenters. The lowest BCUT2D eigenvalue weighted by molar-refractivity contribution is 0.376. The van der Waals surface area contributed by atoms with Gasteiger partial charge >= 0.3 is 0 Å². The predicted molar refractivity (Wildman–Crippen MR) is 77.0 cm³/mol. The van der Waals surface area contributed by atoms with Crippen LogP contribution in [-0.4, -0.2) is 38.4 Å². The highest BCUT2D eigenvalue weighted by molar-refractivity contribution is 7.89. The van der Waals surface area contributed by atoms with E-state index in [0.29, 0.717) is 6.54 Å². The van der Waals surface area contributed by atoms with Crippen molar-refractivity contribution in [2.75, 3.05) is 6.54 Å². The van der Waals surface area contributed by atoms with Crippen molar-refractivity contribution in [2.24, 2.45) is 14.1 Å². The first-order chi connectivity index (χ1) is 9.89. The van der Waals surface area contributed by atoms with E-state index in [4.69, 9.17) is 0 Å². The van der Waals surface area contributed by atoms with E-state index in [0.717, 1.165) is 24.4 Å². The molecule has 1 aliphatic heterocycles. The largest absolute Gasteiger partial charge is 0.339 e. The van der Waals surface area contributed by atoms with Crippen LogP contribution in [0.3, 0.4) is 0 Å². The molecule has 114 valence electrons. The summed E-state index contributed by atoms with van der Waals surface area (Å²) in [6, 6.07) is -0.212. The SMILES string of the molecule is Cc1cn(C)c([C@@H]2CCCN2S(=O)(=O)c2cn(C)cn2)n1. The molecule has 0 spiro atoms. The van der Waals surface area contributed by atoms with E-state index in [2.05, 4.69) is 9.97 Å². The summed E-state index contributed by atoms with van der Waals surface area (Å²) in [6.07, 6.45) is 6.58. The van der Waals surface area contributed by atoms with E-state index in [1.165, 1.54) is 16.8 Å². The number of sulfonamides is 1.